The van der Waals surface area contributed by atoms with Gasteiger partial charge >= 0.3 is 6.03 Å². The number of amides is 3. The Morgan fingerprint density at radius 1 is 1.24 bits per heavy atom. The SMILES string of the molecule is NC(=O)N(C(=O)CCc1ccc(F)cc1)C1CCOCC1. The number of rotatable bonds is 4. The summed E-state index contributed by atoms with van der Waals surface area (Å²) >= 11 is 0. The number of ether oxygens (including phenoxy) is 1. The zero-order valence-corrected chi connectivity index (χ0v) is 11.8. The monoisotopic (exact) mass is 294 g/mol. The first-order chi connectivity index (χ1) is 10.1. The number of carbonyl (C=O) groups excluding carboxylic acids is 2. The Labute approximate surface area is 122 Å². The molecule has 0 saturated carbocycles. The van der Waals surface area contributed by atoms with Gasteiger partial charge in [-0.25, -0.2) is 9.18 Å². The fourth-order valence-corrected chi connectivity index (χ4v) is 2.47. The number of carbonyl (C=O) groups is 2. The smallest absolute Gasteiger partial charge is 0.321 e. The molecule has 2 rings (SSSR count). The molecule has 0 aliphatic carbocycles. The predicted octanol–water partition coefficient (Wildman–Crippen LogP) is 1.84. The first-order valence-corrected chi connectivity index (χ1v) is 7.01. The molecule has 1 aliphatic heterocycles. The first-order valence-electron chi connectivity index (χ1n) is 7.01. The lowest BCUT2D eigenvalue weighted by atomic mass is 10.1. The number of benzene rings is 1. The van der Waals surface area contributed by atoms with Crippen LogP contribution in [0.15, 0.2) is 24.3 Å². The van der Waals surface area contributed by atoms with E-state index >= 15 is 0 Å². The predicted molar refractivity (Wildman–Crippen MR) is 75.0 cm³/mol. The Morgan fingerprint density at radius 3 is 2.43 bits per heavy atom. The zero-order valence-electron chi connectivity index (χ0n) is 11.8. The van der Waals surface area contributed by atoms with E-state index in [9.17, 15) is 14.0 Å². The maximum absolute atomic E-state index is 12.8. The minimum Gasteiger partial charge on any atom is -0.381 e. The van der Waals surface area contributed by atoms with Crippen molar-refractivity contribution in [1.82, 2.24) is 4.90 Å². The number of hydrogen-bond donors (Lipinski definition) is 1. The first kappa shape index (κ1) is 15.4. The molecule has 1 aromatic carbocycles. The average Bonchev–Trinajstić information content (AvgIpc) is 2.47. The van der Waals surface area contributed by atoms with Crippen LogP contribution in [0.2, 0.25) is 0 Å². The summed E-state index contributed by atoms with van der Waals surface area (Å²) in [5.41, 5.74) is 6.18. The van der Waals surface area contributed by atoms with Crippen LogP contribution in [0.4, 0.5) is 9.18 Å². The van der Waals surface area contributed by atoms with Gasteiger partial charge in [-0.05, 0) is 37.0 Å². The lowest BCUT2D eigenvalue weighted by Gasteiger charge is -2.31. The summed E-state index contributed by atoms with van der Waals surface area (Å²) < 4.78 is 18.0. The molecule has 1 fully saturated rings. The molecular weight excluding hydrogens is 275 g/mol. The van der Waals surface area contributed by atoms with Crippen molar-refractivity contribution in [3.05, 3.63) is 35.6 Å². The van der Waals surface area contributed by atoms with Gasteiger partial charge < -0.3 is 10.5 Å². The van der Waals surface area contributed by atoms with Crippen LogP contribution in [0.1, 0.15) is 24.8 Å². The number of nitrogens with zero attached hydrogens (tertiary/aromatic N) is 1. The minimum atomic E-state index is -0.717. The van der Waals surface area contributed by atoms with Crippen LogP contribution in [0.25, 0.3) is 0 Å². The molecule has 1 aromatic rings. The van der Waals surface area contributed by atoms with E-state index in [0.717, 1.165) is 10.5 Å². The molecule has 1 heterocycles. The molecule has 3 amide bonds. The van der Waals surface area contributed by atoms with Crippen molar-refractivity contribution in [3.8, 4) is 0 Å². The fourth-order valence-electron chi connectivity index (χ4n) is 2.47. The maximum atomic E-state index is 12.8. The van der Waals surface area contributed by atoms with Crippen molar-refractivity contribution in [2.24, 2.45) is 5.73 Å². The number of aryl methyl sites for hydroxylation is 1. The zero-order chi connectivity index (χ0) is 15.2. The van der Waals surface area contributed by atoms with E-state index < -0.39 is 6.03 Å². The summed E-state index contributed by atoms with van der Waals surface area (Å²) in [5.74, 6) is -0.607. The van der Waals surface area contributed by atoms with E-state index in [4.69, 9.17) is 10.5 Å². The summed E-state index contributed by atoms with van der Waals surface area (Å²) in [7, 11) is 0. The van der Waals surface area contributed by atoms with Gasteiger partial charge in [0.1, 0.15) is 5.82 Å². The van der Waals surface area contributed by atoms with Gasteiger partial charge in [0, 0.05) is 25.7 Å². The van der Waals surface area contributed by atoms with Gasteiger partial charge in [-0.2, -0.15) is 0 Å². The second-order valence-electron chi connectivity index (χ2n) is 5.07. The van der Waals surface area contributed by atoms with Crippen LogP contribution in [0, 0.1) is 5.82 Å². The van der Waals surface area contributed by atoms with Crippen molar-refractivity contribution in [2.45, 2.75) is 31.7 Å². The maximum Gasteiger partial charge on any atom is 0.321 e. The molecule has 0 bridgehead atoms. The molecule has 1 aliphatic rings. The Morgan fingerprint density at radius 2 is 1.86 bits per heavy atom. The molecular formula is C15H19FN2O3. The highest BCUT2D eigenvalue weighted by molar-refractivity contribution is 5.94. The van der Waals surface area contributed by atoms with Crippen LogP contribution in [-0.4, -0.2) is 36.1 Å². The van der Waals surface area contributed by atoms with E-state index in [1.54, 1.807) is 12.1 Å². The van der Waals surface area contributed by atoms with Crippen molar-refractivity contribution < 1.29 is 18.7 Å². The standard InChI is InChI=1S/C15H19FN2O3/c16-12-4-1-11(2-5-12)3-6-14(19)18(15(17)20)13-7-9-21-10-8-13/h1-2,4-5,13H,3,6-10H2,(H2,17,20). The second kappa shape index (κ2) is 7.17. The summed E-state index contributed by atoms with van der Waals surface area (Å²) in [6.07, 6.45) is 1.86. The third-order valence-electron chi connectivity index (χ3n) is 3.60. The fraction of sp³-hybridized carbons (Fsp3) is 0.467. The van der Waals surface area contributed by atoms with E-state index in [0.29, 0.717) is 32.5 Å². The van der Waals surface area contributed by atoms with E-state index in [-0.39, 0.29) is 24.2 Å². The Hall–Kier alpha value is -1.95. The lowest BCUT2D eigenvalue weighted by molar-refractivity contribution is -0.131. The van der Waals surface area contributed by atoms with Gasteiger partial charge in [0.15, 0.2) is 0 Å². The molecule has 5 nitrogen and oxygen atoms in total. The molecule has 6 heteroatoms. The summed E-state index contributed by atoms with van der Waals surface area (Å²) in [5, 5.41) is 0. The topological polar surface area (TPSA) is 72.6 Å². The highest BCUT2D eigenvalue weighted by Gasteiger charge is 2.29. The highest BCUT2D eigenvalue weighted by Crippen LogP contribution is 2.16. The van der Waals surface area contributed by atoms with Crippen LogP contribution < -0.4 is 5.73 Å². The van der Waals surface area contributed by atoms with Gasteiger partial charge in [0.05, 0.1) is 0 Å². The summed E-state index contributed by atoms with van der Waals surface area (Å²) in [6, 6.07) is 5.06. The van der Waals surface area contributed by atoms with Crippen molar-refractivity contribution in [2.75, 3.05) is 13.2 Å². The van der Waals surface area contributed by atoms with E-state index in [2.05, 4.69) is 0 Å². The number of primary amides is 1. The van der Waals surface area contributed by atoms with Crippen LogP contribution in [0.5, 0.6) is 0 Å². The third kappa shape index (κ3) is 4.26. The number of urea groups is 1. The summed E-state index contributed by atoms with van der Waals surface area (Å²) in [4.78, 5) is 24.9. The normalized spacial score (nSPS) is 15.7. The Kier molecular flexibility index (Phi) is 5.27. The average molecular weight is 294 g/mol. The van der Waals surface area contributed by atoms with Crippen molar-refractivity contribution in [3.63, 3.8) is 0 Å². The number of halogens is 1. The van der Waals surface area contributed by atoms with E-state index in [1.807, 2.05) is 0 Å². The van der Waals surface area contributed by atoms with Gasteiger partial charge in [-0.15, -0.1) is 0 Å². The molecule has 0 radical (unpaired) electrons. The molecule has 2 N–H and O–H groups in total. The molecule has 114 valence electrons. The van der Waals surface area contributed by atoms with Crippen molar-refractivity contribution >= 4 is 11.9 Å². The Balaban J connectivity index is 1.95. The van der Waals surface area contributed by atoms with Crippen molar-refractivity contribution in [1.29, 1.82) is 0 Å². The van der Waals surface area contributed by atoms with Crippen LogP contribution in [0.3, 0.4) is 0 Å². The summed E-state index contributed by atoms with van der Waals surface area (Å²) in [6.45, 7) is 1.05. The van der Waals surface area contributed by atoms with Crippen LogP contribution >= 0.6 is 0 Å². The van der Waals surface area contributed by atoms with Crippen LogP contribution in [-0.2, 0) is 16.0 Å². The highest BCUT2D eigenvalue weighted by atomic mass is 19.1. The van der Waals surface area contributed by atoms with E-state index in [1.165, 1.54) is 12.1 Å². The molecule has 0 unspecified atom stereocenters. The number of hydrogen-bond acceptors (Lipinski definition) is 3. The minimum absolute atomic E-state index is 0.173. The quantitative estimate of drug-likeness (QED) is 0.921. The Bertz CT molecular complexity index is 498. The largest absolute Gasteiger partial charge is 0.381 e. The molecule has 1 saturated heterocycles. The van der Waals surface area contributed by atoms with Gasteiger partial charge in [-0.3, -0.25) is 9.69 Å². The van der Waals surface area contributed by atoms with Gasteiger partial charge in [-0.1, -0.05) is 12.1 Å². The van der Waals surface area contributed by atoms with Gasteiger partial charge in [0.2, 0.25) is 5.91 Å². The third-order valence-corrected chi connectivity index (χ3v) is 3.60. The number of imide groups is 1. The van der Waals surface area contributed by atoms with Gasteiger partial charge in [0.25, 0.3) is 0 Å². The number of nitrogens with two attached hydrogens (primary N) is 1. The lowest BCUT2D eigenvalue weighted by Crippen LogP contribution is -2.49. The molecule has 0 atom stereocenters. The molecule has 0 spiro atoms. The molecule has 0 aromatic heterocycles. The molecule has 21 heavy (non-hydrogen) atoms. The second-order valence-corrected chi connectivity index (χ2v) is 5.07.